The molecule has 3 aromatic carbocycles. The predicted octanol–water partition coefficient (Wildman–Crippen LogP) is 4.44. The fourth-order valence-electron chi connectivity index (χ4n) is 3.38. The lowest BCUT2D eigenvalue weighted by atomic mass is 10.1. The quantitative estimate of drug-likeness (QED) is 0.261. The molecule has 4 aromatic rings. The Morgan fingerprint density at radius 2 is 1.73 bits per heavy atom. The van der Waals surface area contributed by atoms with Crippen LogP contribution in [-0.2, 0) is 13.2 Å². The van der Waals surface area contributed by atoms with E-state index in [1.807, 2.05) is 54.6 Å². The van der Waals surface area contributed by atoms with Gasteiger partial charge in [-0.3, -0.25) is 0 Å². The normalized spacial score (nSPS) is 10.8. The topological polar surface area (TPSA) is 74.1 Å². The molecule has 0 fully saturated rings. The van der Waals surface area contributed by atoms with Crippen molar-refractivity contribution >= 4 is 11.8 Å². The molecule has 170 valence electrons. The summed E-state index contributed by atoms with van der Waals surface area (Å²) in [5.74, 6) is 2.34. The summed E-state index contributed by atoms with van der Waals surface area (Å²) >= 11 is 1.61. The van der Waals surface area contributed by atoms with Crippen molar-refractivity contribution in [2.24, 2.45) is 0 Å². The molecule has 0 aliphatic carbocycles. The predicted molar refractivity (Wildman–Crippen MR) is 130 cm³/mol. The molecule has 1 N–H and O–H groups in total. The minimum absolute atomic E-state index is 0.498. The Hall–Kier alpha value is -3.36. The van der Waals surface area contributed by atoms with E-state index < -0.39 is 0 Å². The molecule has 0 radical (unpaired) electrons. The number of hydrogen-bond donors (Lipinski definition) is 1. The highest BCUT2D eigenvalue weighted by molar-refractivity contribution is 7.99. The lowest BCUT2D eigenvalue weighted by Gasteiger charge is -2.16. The lowest BCUT2D eigenvalue weighted by molar-refractivity contribution is 0.280. The Morgan fingerprint density at radius 3 is 2.55 bits per heavy atom. The fraction of sp³-hybridized carbons (Fsp3) is 0.240. The van der Waals surface area contributed by atoms with Gasteiger partial charge in [0.2, 0.25) is 5.16 Å². The van der Waals surface area contributed by atoms with Gasteiger partial charge in [-0.15, -0.1) is 5.10 Å². The summed E-state index contributed by atoms with van der Waals surface area (Å²) in [6, 6.07) is 24.1. The molecule has 0 amide bonds. The van der Waals surface area contributed by atoms with Crippen LogP contribution in [0.25, 0.3) is 5.69 Å². The standard InChI is InChI=1S/C25H27N5O2S/c1-19-9-6-7-10-21(19)18-32-24-20(11-8-14-23(24)31-2)17-26-15-16-33-25-27-28-29-30(25)22-12-4-3-5-13-22/h3-14,26H,15-18H2,1-2H3. The van der Waals surface area contributed by atoms with E-state index in [-0.39, 0.29) is 0 Å². The van der Waals surface area contributed by atoms with Crippen molar-refractivity contribution in [3.8, 4) is 17.2 Å². The summed E-state index contributed by atoms with van der Waals surface area (Å²) < 4.78 is 13.5. The minimum Gasteiger partial charge on any atom is -0.493 e. The first-order valence-corrected chi connectivity index (χ1v) is 11.8. The summed E-state index contributed by atoms with van der Waals surface area (Å²) in [6.45, 7) is 4.05. The van der Waals surface area contributed by atoms with Gasteiger partial charge in [0.1, 0.15) is 6.61 Å². The van der Waals surface area contributed by atoms with Crippen LogP contribution in [0.3, 0.4) is 0 Å². The number of ether oxygens (including phenoxy) is 2. The highest BCUT2D eigenvalue weighted by Crippen LogP contribution is 2.32. The lowest BCUT2D eigenvalue weighted by Crippen LogP contribution is -2.17. The number of nitrogens with one attached hydrogen (secondary N) is 1. The zero-order chi connectivity index (χ0) is 22.9. The molecule has 4 rings (SSSR count). The molecular weight excluding hydrogens is 434 g/mol. The van der Waals surface area contributed by atoms with Crippen LogP contribution in [0.15, 0.2) is 78.0 Å². The van der Waals surface area contributed by atoms with Gasteiger partial charge in [0, 0.05) is 24.4 Å². The fourth-order valence-corrected chi connectivity index (χ4v) is 4.17. The van der Waals surface area contributed by atoms with Crippen molar-refractivity contribution in [2.75, 3.05) is 19.4 Å². The van der Waals surface area contributed by atoms with Crippen LogP contribution in [0.4, 0.5) is 0 Å². The number of nitrogens with zero attached hydrogens (tertiary/aromatic N) is 4. The van der Waals surface area contributed by atoms with Crippen molar-refractivity contribution in [3.63, 3.8) is 0 Å². The number of tetrazole rings is 1. The van der Waals surface area contributed by atoms with Crippen LogP contribution in [0.1, 0.15) is 16.7 Å². The summed E-state index contributed by atoms with van der Waals surface area (Å²) in [7, 11) is 1.67. The average Bonchev–Trinajstić information content (AvgIpc) is 3.32. The molecule has 1 heterocycles. The van der Waals surface area contributed by atoms with E-state index in [1.54, 1.807) is 23.6 Å². The monoisotopic (exact) mass is 461 g/mol. The molecule has 0 bridgehead atoms. The Morgan fingerprint density at radius 1 is 0.939 bits per heavy atom. The second-order valence-electron chi connectivity index (χ2n) is 7.40. The molecule has 0 aliphatic rings. The van der Waals surface area contributed by atoms with Crippen LogP contribution < -0.4 is 14.8 Å². The number of methoxy groups -OCH3 is 1. The van der Waals surface area contributed by atoms with Crippen molar-refractivity contribution < 1.29 is 9.47 Å². The molecule has 0 spiro atoms. The third kappa shape index (κ3) is 5.91. The van der Waals surface area contributed by atoms with Gasteiger partial charge >= 0.3 is 0 Å². The van der Waals surface area contributed by atoms with Crippen molar-refractivity contribution in [3.05, 3.63) is 89.5 Å². The van der Waals surface area contributed by atoms with Crippen molar-refractivity contribution in [1.29, 1.82) is 0 Å². The van der Waals surface area contributed by atoms with Gasteiger partial charge in [0.05, 0.1) is 12.8 Å². The molecule has 8 heteroatoms. The zero-order valence-electron chi connectivity index (χ0n) is 18.8. The number of hydrogen-bond acceptors (Lipinski definition) is 7. The van der Waals surface area contributed by atoms with E-state index in [9.17, 15) is 0 Å². The number of benzene rings is 3. The first-order valence-electron chi connectivity index (χ1n) is 10.8. The zero-order valence-corrected chi connectivity index (χ0v) is 19.6. The van der Waals surface area contributed by atoms with E-state index in [0.717, 1.165) is 45.8 Å². The maximum Gasteiger partial charge on any atom is 0.214 e. The first-order chi connectivity index (χ1) is 16.3. The Balaban J connectivity index is 1.33. The molecule has 0 saturated carbocycles. The smallest absolute Gasteiger partial charge is 0.214 e. The Bertz CT molecular complexity index is 1170. The Labute approximate surface area is 198 Å². The van der Waals surface area contributed by atoms with Crippen molar-refractivity contribution in [1.82, 2.24) is 25.5 Å². The number of aromatic nitrogens is 4. The third-order valence-electron chi connectivity index (χ3n) is 5.18. The van der Waals surface area contributed by atoms with Crippen LogP contribution >= 0.6 is 11.8 Å². The largest absolute Gasteiger partial charge is 0.493 e. The second kappa shape index (κ2) is 11.5. The summed E-state index contributed by atoms with van der Waals surface area (Å²) in [4.78, 5) is 0. The number of thioether (sulfide) groups is 1. The maximum absolute atomic E-state index is 6.21. The molecule has 0 atom stereocenters. The summed E-state index contributed by atoms with van der Waals surface area (Å²) in [5.41, 5.74) is 4.38. The second-order valence-corrected chi connectivity index (χ2v) is 8.46. The van der Waals surface area contributed by atoms with E-state index in [0.29, 0.717) is 13.2 Å². The number of para-hydroxylation sites is 2. The molecule has 0 aliphatic heterocycles. The van der Waals surface area contributed by atoms with Crippen LogP contribution in [0, 0.1) is 6.92 Å². The molecule has 33 heavy (non-hydrogen) atoms. The van der Waals surface area contributed by atoms with Gasteiger partial charge in [-0.25, -0.2) is 0 Å². The van der Waals surface area contributed by atoms with E-state index in [2.05, 4.69) is 46.0 Å². The highest BCUT2D eigenvalue weighted by Gasteiger charge is 2.12. The van der Waals surface area contributed by atoms with Gasteiger partial charge in [-0.1, -0.05) is 66.4 Å². The summed E-state index contributed by atoms with van der Waals surface area (Å²) in [6.07, 6.45) is 0. The minimum atomic E-state index is 0.498. The van der Waals surface area contributed by atoms with E-state index in [1.165, 1.54) is 5.56 Å². The van der Waals surface area contributed by atoms with Gasteiger partial charge in [-0.2, -0.15) is 4.68 Å². The van der Waals surface area contributed by atoms with E-state index in [4.69, 9.17) is 9.47 Å². The molecule has 0 unspecified atom stereocenters. The summed E-state index contributed by atoms with van der Waals surface area (Å²) in [5, 5.41) is 16.3. The van der Waals surface area contributed by atoms with Gasteiger partial charge < -0.3 is 14.8 Å². The maximum atomic E-state index is 6.21. The molecular formula is C25H27N5O2S. The number of aryl methyl sites for hydroxylation is 1. The molecule has 1 aromatic heterocycles. The van der Waals surface area contributed by atoms with E-state index >= 15 is 0 Å². The highest BCUT2D eigenvalue weighted by atomic mass is 32.2. The Kier molecular flexibility index (Phi) is 7.94. The molecule has 0 saturated heterocycles. The van der Waals surface area contributed by atoms with Crippen LogP contribution in [0.5, 0.6) is 11.5 Å². The first kappa shape index (κ1) is 22.8. The molecule has 7 nitrogen and oxygen atoms in total. The van der Waals surface area contributed by atoms with Gasteiger partial charge in [0.25, 0.3) is 0 Å². The third-order valence-corrected chi connectivity index (χ3v) is 6.10. The number of rotatable bonds is 11. The van der Waals surface area contributed by atoms with Gasteiger partial charge in [-0.05, 0) is 46.7 Å². The van der Waals surface area contributed by atoms with Crippen LogP contribution in [0.2, 0.25) is 0 Å². The average molecular weight is 462 g/mol. The SMILES string of the molecule is COc1cccc(CNCCSc2nnnn2-c2ccccc2)c1OCc1ccccc1C. The van der Waals surface area contributed by atoms with Gasteiger partial charge in [0.15, 0.2) is 11.5 Å². The van der Waals surface area contributed by atoms with Crippen LogP contribution in [-0.4, -0.2) is 39.6 Å². The van der Waals surface area contributed by atoms with Crippen molar-refractivity contribution in [2.45, 2.75) is 25.2 Å².